The summed E-state index contributed by atoms with van der Waals surface area (Å²) in [4.78, 5) is 0. The Morgan fingerprint density at radius 3 is 2.83 bits per heavy atom. The summed E-state index contributed by atoms with van der Waals surface area (Å²) in [5.74, 6) is 3.49. The highest BCUT2D eigenvalue weighted by molar-refractivity contribution is 7.99. The third kappa shape index (κ3) is 2.38. The van der Waals surface area contributed by atoms with Crippen molar-refractivity contribution in [3.05, 3.63) is 0 Å². The third-order valence-electron chi connectivity index (χ3n) is 2.55. The minimum atomic E-state index is 0.572. The first-order chi connectivity index (χ1) is 5.95. The summed E-state index contributed by atoms with van der Waals surface area (Å²) < 4.78 is 5.55. The largest absolute Gasteiger partial charge is 0.377 e. The predicted molar refractivity (Wildman–Crippen MR) is 52.7 cm³/mol. The normalized spacial score (nSPS) is 30.5. The lowest BCUT2D eigenvalue weighted by Crippen LogP contribution is -2.43. The van der Waals surface area contributed by atoms with Crippen LogP contribution in [0.5, 0.6) is 0 Å². The molecule has 2 aliphatic rings. The minimum Gasteiger partial charge on any atom is -0.377 e. The molecule has 0 bridgehead atoms. The van der Waals surface area contributed by atoms with Gasteiger partial charge >= 0.3 is 0 Å². The zero-order chi connectivity index (χ0) is 8.23. The Balaban J connectivity index is 1.49. The van der Waals surface area contributed by atoms with Crippen LogP contribution in [-0.4, -0.2) is 37.3 Å². The van der Waals surface area contributed by atoms with Crippen LogP contribution in [0.2, 0.25) is 0 Å². The molecular formula is C9H17NOS. The number of ether oxygens (including phenoxy) is 1. The first kappa shape index (κ1) is 8.85. The van der Waals surface area contributed by atoms with Gasteiger partial charge in [-0.05, 0) is 37.6 Å². The average Bonchev–Trinajstić information content (AvgIpc) is 2.46. The lowest BCUT2D eigenvalue weighted by molar-refractivity contribution is 0.129. The molecule has 12 heavy (non-hydrogen) atoms. The first-order valence-electron chi connectivity index (χ1n) is 4.85. The van der Waals surface area contributed by atoms with Gasteiger partial charge in [0.15, 0.2) is 0 Å². The second kappa shape index (κ2) is 4.49. The maximum atomic E-state index is 5.55. The summed E-state index contributed by atoms with van der Waals surface area (Å²) in [5, 5.41) is 3.30. The van der Waals surface area contributed by atoms with Crippen LogP contribution >= 0.6 is 11.8 Å². The fourth-order valence-electron chi connectivity index (χ4n) is 1.61. The number of hydrogen-bond donors (Lipinski definition) is 1. The molecule has 0 spiro atoms. The van der Waals surface area contributed by atoms with E-state index in [9.17, 15) is 0 Å². The summed E-state index contributed by atoms with van der Waals surface area (Å²) in [5.41, 5.74) is 0. The van der Waals surface area contributed by atoms with Crippen molar-refractivity contribution in [3.8, 4) is 0 Å². The van der Waals surface area contributed by atoms with Crippen molar-refractivity contribution < 1.29 is 4.74 Å². The molecule has 2 aliphatic heterocycles. The van der Waals surface area contributed by atoms with Crippen LogP contribution in [0.25, 0.3) is 0 Å². The summed E-state index contributed by atoms with van der Waals surface area (Å²) >= 11 is 2.07. The number of hydrogen-bond acceptors (Lipinski definition) is 3. The molecule has 0 aromatic rings. The van der Waals surface area contributed by atoms with E-state index in [0.717, 1.165) is 12.5 Å². The molecule has 0 saturated carbocycles. The third-order valence-corrected chi connectivity index (χ3v) is 3.86. The fourth-order valence-corrected chi connectivity index (χ4v) is 2.84. The fraction of sp³-hybridized carbons (Fsp3) is 1.00. The molecule has 2 saturated heterocycles. The molecule has 0 aromatic heterocycles. The zero-order valence-electron chi connectivity index (χ0n) is 7.42. The number of thioether (sulfide) groups is 1. The molecule has 0 aliphatic carbocycles. The number of rotatable bonds is 4. The van der Waals surface area contributed by atoms with Crippen molar-refractivity contribution in [3.63, 3.8) is 0 Å². The van der Waals surface area contributed by atoms with E-state index < -0.39 is 0 Å². The zero-order valence-corrected chi connectivity index (χ0v) is 8.24. The smallest absolute Gasteiger partial charge is 0.0666 e. The molecule has 70 valence electrons. The van der Waals surface area contributed by atoms with Gasteiger partial charge in [0.05, 0.1) is 6.10 Å². The maximum absolute atomic E-state index is 5.55. The lowest BCUT2D eigenvalue weighted by atomic mass is 10.1. The maximum Gasteiger partial charge on any atom is 0.0666 e. The highest BCUT2D eigenvalue weighted by Gasteiger charge is 2.19. The van der Waals surface area contributed by atoms with Gasteiger partial charge < -0.3 is 10.1 Å². The van der Waals surface area contributed by atoms with Crippen LogP contribution in [0, 0.1) is 5.92 Å². The van der Waals surface area contributed by atoms with Gasteiger partial charge in [0, 0.05) is 12.4 Å². The molecule has 0 aromatic carbocycles. The monoisotopic (exact) mass is 187 g/mol. The second-order valence-corrected chi connectivity index (χ2v) is 4.77. The quantitative estimate of drug-likeness (QED) is 0.712. The van der Waals surface area contributed by atoms with Crippen LogP contribution < -0.4 is 5.32 Å². The minimum absolute atomic E-state index is 0.572. The van der Waals surface area contributed by atoms with E-state index in [2.05, 4.69) is 17.1 Å². The van der Waals surface area contributed by atoms with E-state index in [4.69, 9.17) is 4.74 Å². The van der Waals surface area contributed by atoms with Crippen LogP contribution in [0.4, 0.5) is 0 Å². The van der Waals surface area contributed by atoms with E-state index in [1.165, 1.54) is 37.4 Å². The van der Waals surface area contributed by atoms with Crippen LogP contribution in [0.15, 0.2) is 0 Å². The molecule has 1 unspecified atom stereocenters. The van der Waals surface area contributed by atoms with E-state index in [0.29, 0.717) is 6.10 Å². The van der Waals surface area contributed by atoms with Gasteiger partial charge in [-0.15, -0.1) is 0 Å². The average molecular weight is 187 g/mol. The van der Waals surface area contributed by atoms with Gasteiger partial charge in [0.1, 0.15) is 0 Å². The Morgan fingerprint density at radius 2 is 2.25 bits per heavy atom. The first-order valence-corrected chi connectivity index (χ1v) is 6.00. The van der Waals surface area contributed by atoms with E-state index in [1.54, 1.807) is 0 Å². The topological polar surface area (TPSA) is 21.3 Å². The second-order valence-electron chi connectivity index (χ2n) is 3.70. The Morgan fingerprint density at radius 1 is 1.33 bits per heavy atom. The molecule has 2 fully saturated rings. The summed E-state index contributed by atoms with van der Waals surface area (Å²) in [6.07, 6.45) is 3.13. The SMILES string of the molecule is C1COC(CSCC2CNC2)C1. The highest BCUT2D eigenvalue weighted by atomic mass is 32.2. The van der Waals surface area contributed by atoms with Gasteiger partial charge in [0.25, 0.3) is 0 Å². The van der Waals surface area contributed by atoms with Crippen molar-refractivity contribution >= 4 is 11.8 Å². The van der Waals surface area contributed by atoms with Crippen LogP contribution in [-0.2, 0) is 4.74 Å². The molecule has 1 N–H and O–H groups in total. The summed E-state index contributed by atoms with van der Waals surface area (Å²) in [6, 6.07) is 0. The van der Waals surface area contributed by atoms with Crippen LogP contribution in [0.3, 0.4) is 0 Å². The van der Waals surface area contributed by atoms with Crippen molar-refractivity contribution in [1.29, 1.82) is 0 Å². The predicted octanol–water partition coefficient (Wildman–Crippen LogP) is 1.12. The van der Waals surface area contributed by atoms with E-state index >= 15 is 0 Å². The van der Waals surface area contributed by atoms with Crippen molar-refractivity contribution in [1.82, 2.24) is 5.32 Å². The molecule has 2 heterocycles. The van der Waals surface area contributed by atoms with Gasteiger partial charge in [-0.25, -0.2) is 0 Å². The molecule has 2 nitrogen and oxygen atoms in total. The Kier molecular flexibility index (Phi) is 3.31. The summed E-state index contributed by atoms with van der Waals surface area (Å²) in [7, 11) is 0. The molecule has 3 heteroatoms. The van der Waals surface area contributed by atoms with E-state index in [-0.39, 0.29) is 0 Å². The lowest BCUT2D eigenvalue weighted by Gasteiger charge is -2.26. The van der Waals surface area contributed by atoms with Crippen molar-refractivity contribution in [2.75, 3.05) is 31.2 Å². The van der Waals surface area contributed by atoms with E-state index in [1.807, 2.05) is 0 Å². The van der Waals surface area contributed by atoms with Crippen molar-refractivity contribution in [2.45, 2.75) is 18.9 Å². The Bertz CT molecular complexity index is 132. The van der Waals surface area contributed by atoms with Crippen molar-refractivity contribution in [2.24, 2.45) is 5.92 Å². The Labute approximate surface area is 78.4 Å². The van der Waals surface area contributed by atoms with Gasteiger partial charge in [0.2, 0.25) is 0 Å². The highest BCUT2D eigenvalue weighted by Crippen LogP contribution is 2.19. The molecule has 2 rings (SSSR count). The molecule has 0 radical (unpaired) electrons. The molecule has 0 amide bonds. The molecule has 1 atom stereocenters. The molecular weight excluding hydrogens is 170 g/mol. The standard InChI is InChI=1S/C9H17NOS/c1-2-9(11-3-1)7-12-6-8-4-10-5-8/h8-10H,1-7H2. The van der Waals surface area contributed by atoms with Gasteiger partial charge in [-0.3, -0.25) is 0 Å². The Hall–Kier alpha value is 0.270. The van der Waals surface area contributed by atoms with Gasteiger partial charge in [-0.1, -0.05) is 0 Å². The number of nitrogens with one attached hydrogen (secondary N) is 1. The van der Waals surface area contributed by atoms with Gasteiger partial charge in [-0.2, -0.15) is 11.8 Å². The van der Waals surface area contributed by atoms with Crippen LogP contribution in [0.1, 0.15) is 12.8 Å². The summed E-state index contributed by atoms with van der Waals surface area (Å²) in [6.45, 7) is 3.47.